The van der Waals surface area contributed by atoms with Gasteiger partial charge in [0.2, 0.25) is 10.0 Å². The first-order valence-corrected chi connectivity index (χ1v) is 10.4. The van der Waals surface area contributed by atoms with E-state index in [1.807, 2.05) is 0 Å². The number of rotatable bonds is 7. The maximum absolute atomic E-state index is 12.8. The number of piperidine rings is 1. The molecule has 1 unspecified atom stereocenters. The van der Waals surface area contributed by atoms with E-state index >= 15 is 0 Å². The summed E-state index contributed by atoms with van der Waals surface area (Å²) in [5.41, 5.74) is 6.06. The zero-order chi connectivity index (χ0) is 18.6. The Kier molecular flexibility index (Phi) is 6.65. The molecule has 0 aromatic carbocycles. The van der Waals surface area contributed by atoms with Crippen LogP contribution in [-0.4, -0.2) is 48.9 Å². The third kappa shape index (κ3) is 4.83. The molecule has 3 N–H and O–H groups in total. The Morgan fingerprint density at radius 3 is 2.48 bits per heavy atom. The maximum Gasteiger partial charge on any atom is 0.268 e. The van der Waals surface area contributed by atoms with Crippen molar-refractivity contribution < 1.29 is 13.2 Å². The molecule has 0 radical (unpaired) electrons. The number of nitrogens with one attached hydrogen (secondary N) is 1. The van der Waals surface area contributed by atoms with Gasteiger partial charge in [-0.1, -0.05) is 20.3 Å². The summed E-state index contributed by atoms with van der Waals surface area (Å²) in [6.45, 7) is 5.58. The molecule has 0 spiro atoms. The number of amides is 1. The maximum atomic E-state index is 12.8. The number of hydrogen-bond donors (Lipinski definition) is 2. The summed E-state index contributed by atoms with van der Waals surface area (Å²) in [6.07, 6.45) is 5.12. The van der Waals surface area contributed by atoms with Crippen molar-refractivity contribution >= 4 is 15.9 Å². The molecular formula is C17H30N4O3S. The number of nitrogens with zero attached hydrogens (tertiary/aromatic N) is 2. The Labute approximate surface area is 150 Å². The number of hydrogen-bond acceptors (Lipinski definition) is 4. The van der Waals surface area contributed by atoms with Crippen LogP contribution in [0.3, 0.4) is 0 Å². The van der Waals surface area contributed by atoms with Gasteiger partial charge in [-0.25, -0.2) is 8.42 Å². The molecule has 2 rings (SSSR count). The molecule has 1 fully saturated rings. The Bertz CT molecular complexity index is 691. The van der Waals surface area contributed by atoms with Crippen molar-refractivity contribution in [2.45, 2.75) is 50.5 Å². The third-order valence-electron chi connectivity index (χ3n) is 4.54. The summed E-state index contributed by atoms with van der Waals surface area (Å²) in [6, 6.07) is 1.34. The van der Waals surface area contributed by atoms with Crippen LogP contribution in [0.1, 0.15) is 50.0 Å². The molecule has 1 aliphatic heterocycles. The zero-order valence-corrected chi connectivity index (χ0v) is 16.2. The highest BCUT2D eigenvalue weighted by Crippen LogP contribution is 2.22. The fourth-order valence-corrected chi connectivity index (χ4v) is 4.79. The van der Waals surface area contributed by atoms with E-state index in [4.69, 9.17) is 5.73 Å². The normalized spacial score (nSPS) is 17.6. The zero-order valence-electron chi connectivity index (χ0n) is 15.4. The lowest BCUT2D eigenvalue weighted by Crippen LogP contribution is -2.41. The SMILES string of the molecule is CC(C)CC(CN)NC(=O)c1cc(S(=O)(=O)N2CCCCC2)cn1C. The van der Waals surface area contributed by atoms with Gasteiger partial charge in [0, 0.05) is 38.9 Å². The summed E-state index contributed by atoms with van der Waals surface area (Å²) < 4.78 is 28.6. The lowest BCUT2D eigenvalue weighted by molar-refractivity contribution is 0.0925. The summed E-state index contributed by atoms with van der Waals surface area (Å²) in [7, 11) is -1.86. The third-order valence-corrected chi connectivity index (χ3v) is 6.40. The minimum atomic E-state index is -3.54. The summed E-state index contributed by atoms with van der Waals surface area (Å²) >= 11 is 0. The van der Waals surface area contributed by atoms with Gasteiger partial charge in [0.05, 0.1) is 0 Å². The summed E-state index contributed by atoms with van der Waals surface area (Å²) in [5.74, 6) is 0.121. The second-order valence-electron chi connectivity index (χ2n) is 7.17. The predicted molar refractivity (Wildman–Crippen MR) is 97.8 cm³/mol. The fourth-order valence-electron chi connectivity index (χ4n) is 3.20. The minimum absolute atomic E-state index is 0.121. The number of aryl methyl sites for hydroxylation is 1. The average molecular weight is 371 g/mol. The van der Waals surface area contributed by atoms with Gasteiger partial charge in [-0.2, -0.15) is 4.31 Å². The van der Waals surface area contributed by atoms with Crippen LogP contribution in [0.15, 0.2) is 17.2 Å². The van der Waals surface area contributed by atoms with E-state index in [0.29, 0.717) is 31.2 Å². The van der Waals surface area contributed by atoms with Crippen LogP contribution in [0.2, 0.25) is 0 Å². The molecule has 1 amide bonds. The number of carbonyl (C=O) groups is 1. The molecule has 7 nitrogen and oxygen atoms in total. The van der Waals surface area contributed by atoms with Crippen molar-refractivity contribution in [1.29, 1.82) is 0 Å². The molecule has 8 heteroatoms. The summed E-state index contributed by atoms with van der Waals surface area (Å²) in [5, 5.41) is 2.91. The summed E-state index contributed by atoms with van der Waals surface area (Å²) in [4.78, 5) is 12.7. The number of sulfonamides is 1. The molecule has 142 valence electrons. The van der Waals surface area contributed by atoms with Crippen LogP contribution in [0.25, 0.3) is 0 Å². The van der Waals surface area contributed by atoms with Gasteiger partial charge in [-0.3, -0.25) is 4.79 Å². The molecule has 1 aromatic heterocycles. The molecule has 1 saturated heterocycles. The van der Waals surface area contributed by atoms with Crippen molar-refractivity contribution in [3.63, 3.8) is 0 Å². The Hall–Kier alpha value is -1.38. The first-order chi connectivity index (χ1) is 11.8. The highest BCUT2D eigenvalue weighted by atomic mass is 32.2. The van der Waals surface area contributed by atoms with Crippen LogP contribution in [-0.2, 0) is 17.1 Å². The first-order valence-electron chi connectivity index (χ1n) is 8.93. The number of carbonyl (C=O) groups excluding carboxylic acids is 1. The van der Waals surface area contributed by atoms with Crippen LogP contribution in [0, 0.1) is 5.92 Å². The van der Waals surface area contributed by atoms with Gasteiger partial charge in [0.25, 0.3) is 5.91 Å². The monoisotopic (exact) mass is 370 g/mol. The van der Waals surface area contributed by atoms with Crippen molar-refractivity contribution in [3.8, 4) is 0 Å². The Balaban J connectivity index is 2.17. The van der Waals surface area contributed by atoms with Gasteiger partial charge in [-0.05, 0) is 31.2 Å². The molecular weight excluding hydrogens is 340 g/mol. The largest absolute Gasteiger partial charge is 0.347 e. The van der Waals surface area contributed by atoms with Crippen molar-refractivity contribution in [3.05, 3.63) is 18.0 Å². The molecule has 25 heavy (non-hydrogen) atoms. The molecule has 0 saturated carbocycles. The predicted octanol–water partition coefficient (Wildman–Crippen LogP) is 1.30. The standard InChI is InChI=1S/C17H30N4O3S/c1-13(2)9-14(11-18)19-17(22)16-10-15(12-20(16)3)25(23,24)21-7-5-4-6-8-21/h10,12-14H,4-9,11,18H2,1-3H3,(H,19,22). The fraction of sp³-hybridized carbons (Fsp3) is 0.706. The highest BCUT2D eigenvalue weighted by molar-refractivity contribution is 7.89. The molecule has 1 atom stereocenters. The molecule has 1 aliphatic rings. The van der Waals surface area contributed by atoms with Gasteiger partial charge in [-0.15, -0.1) is 0 Å². The van der Waals surface area contributed by atoms with E-state index in [0.717, 1.165) is 25.7 Å². The van der Waals surface area contributed by atoms with Crippen molar-refractivity contribution in [1.82, 2.24) is 14.2 Å². The van der Waals surface area contributed by atoms with E-state index in [1.165, 1.54) is 16.6 Å². The highest BCUT2D eigenvalue weighted by Gasteiger charge is 2.28. The number of aromatic nitrogens is 1. The second-order valence-corrected chi connectivity index (χ2v) is 9.11. The van der Waals surface area contributed by atoms with Crippen LogP contribution in [0.4, 0.5) is 0 Å². The van der Waals surface area contributed by atoms with Crippen LogP contribution in [0.5, 0.6) is 0 Å². The van der Waals surface area contributed by atoms with E-state index in [2.05, 4.69) is 19.2 Å². The minimum Gasteiger partial charge on any atom is -0.347 e. The second kappa shape index (κ2) is 8.33. The average Bonchev–Trinajstić information content (AvgIpc) is 2.97. The molecule has 1 aromatic rings. The number of nitrogens with two attached hydrogens (primary N) is 1. The van der Waals surface area contributed by atoms with Crippen molar-refractivity contribution in [2.75, 3.05) is 19.6 Å². The lowest BCUT2D eigenvalue weighted by atomic mass is 10.0. The van der Waals surface area contributed by atoms with E-state index in [9.17, 15) is 13.2 Å². The van der Waals surface area contributed by atoms with Gasteiger partial charge < -0.3 is 15.6 Å². The van der Waals surface area contributed by atoms with E-state index in [-0.39, 0.29) is 16.8 Å². The Morgan fingerprint density at radius 1 is 1.28 bits per heavy atom. The lowest BCUT2D eigenvalue weighted by Gasteiger charge is -2.25. The van der Waals surface area contributed by atoms with Gasteiger partial charge >= 0.3 is 0 Å². The van der Waals surface area contributed by atoms with Crippen LogP contribution >= 0.6 is 0 Å². The van der Waals surface area contributed by atoms with Crippen LogP contribution < -0.4 is 11.1 Å². The first kappa shape index (κ1) is 19.9. The topological polar surface area (TPSA) is 97.4 Å². The quantitative estimate of drug-likeness (QED) is 0.756. The van der Waals surface area contributed by atoms with Crippen molar-refractivity contribution in [2.24, 2.45) is 18.7 Å². The molecule has 0 aliphatic carbocycles. The van der Waals surface area contributed by atoms with E-state index < -0.39 is 10.0 Å². The molecule has 2 heterocycles. The van der Waals surface area contributed by atoms with Gasteiger partial charge in [0.15, 0.2) is 0 Å². The van der Waals surface area contributed by atoms with Gasteiger partial charge in [0.1, 0.15) is 10.6 Å². The smallest absolute Gasteiger partial charge is 0.268 e. The molecule has 0 bridgehead atoms. The van der Waals surface area contributed by atoms with E-state index in [1.54, 1.807) is 11.6 Å². The Morgan fingerprint density at radius 2 is 1.92 bits per heavy atom.